The van der Waals surface area contributed by atoms with Crippen LogP contribution in [0.1, 0.15) is 0 Å². The van der Waals surface area contributed by atoms with Crippen molar-refractivity contribution in [3.63, 3.8) is 0 Å². The normalized spacial score (nSPS) is 10.9. The predicted molar refractivity (Wildman–Crippen MR) is 67.7 cm³/mol. The van der Waals surface area contributed by atoms with Crippen LogP contribution in [-0.4, -0.2) is 9.78 Å². The highest BCUT2D eigenvalue weighted by molar-refractivity contribution is 7.77. The van der Waals surface area contributed by atoms with Crippen molar-refractivity contribution in [2.45, 2.75) is 0 Å². The summed E-state index contributed by atoms with van der Waals surface area (Å²) in [6.45, 7) is 0. The molecule has 0 unspecified atom stereocenters. The Morgan fingerprint density at radius 1 is 1.13 bits per heavy atom. The molecule has 0 atom stereocenters. The number of hydrogen-bond donors (Lipinski definition) is 0. The molecule has 0 saturated carbocycles. The van der Waals surface area contributed by atoms with Crippen LogP contribution < -0.4 is 0 Å². The summed E-state index contributed by atoms with van der Waals surface area (Å²) in [7, 11) is 0. The molecule has 1 aromatic carbocycles. The first-order valence-corrected chi connectivity index (χ1v) is 6.42. The van der Waals surface area contributed by atoms with Crippen molar-refractivity contribution in [2.24, 2.45) is 0 Å². The Morgan fingerprint density at radius 2 is 1.93 bits per heavy atom. The monoisotopic (exact) mass is 250 g/mol. The average molecular weight is 250 g/mol. The van der Waals surface area contributed by atoms with Gasteiger partial charge >= 0.3 is 0 Å². The van der Waals surface area contributed by atoms with E-state index >= 15 is 0 Å². The molecular weight excluding hydrogens is 244 g/mol. The van der Waals surface area contributed by atoms with Gasteiger partial charge < -0.3 is 0 Å². The van der Waals surface area contributed by atoms with Crippen LogP contribution in [0.25, 0.3) is 15.2 Å². The SMILES string of the molecule is S=c1sc2cn(-c3ccccc3)nc2s1. The van der Waals surface area contributed by atoms with Gasteiger partial charge in [0.15, 0.2) is 4.83 Å². The highest BCUT2D eigenvalue weighted by Gasteiger charge is 2.04. The summed E-state index contributed by atoms with van der Waals surface area (Å²) in [4.78, 5) is 1.02. The quantitative estimate of drug-likeness (QED) is 0.610. The van der Waals surface area contributed by atoms with E-state index < -0.39 is 0 Å². The summed E-state index contributed by atoms with van der Waals surface area (Å²) >= 11 is 8.30. The van der Waals surface area contributed by atoms with E-state index in [1.54, 1.807) is 22.7 Å². The molecule has 0 amide bonds. The number of benzene rings is 1. The molecule has 3 aromatic rings. The van der Waals surface area contributed by atoms with E-state index in [0.29, 0.717) is 0 Å². The maximum atomic E-state index is 5.11. The lowest BCUT2D eigenvalue weighted by atomic mass is 10.3. The molecule has 15 heavy (non-hydrogen) atoms. The zero-order valence-corrected chi connectivity index (χ0v) is 10.0. The summed E-state index contributed by atoms with van der Waals surface area (Å²) in [6, 6.07) is 10.1. The number of rotatable bonds is 1. The molecule has 0 aliphatic carbocycles. The standard InChI is InChI=1S/C10H6N2S3/c13-10-14-8-6-12(11-9(8)15-10)7-4-2-1-3-5-7/h1-6H. The fourth-order valence-corrected chi connectivity index (χ4v) is 3.71. The second-order valence-corrected chi connectivity index (χ2v) is 6.27. The lowest BCUT2D eigenvalue weighted by Crippen LogP contribution is -1.92. The van der Waals surface area contributed by atoms with E-state index in [4.69, 9.17) is 12.2 Å². The van der Waals surface area contributed by atoms with Gasteiger partial charge in [-0.1, -0.05) is 41.8 Å². The van der Waals surface area contributed by atoms with Crippen LogP contribution in [0.5, 0.6) is 0 Å². The first-order chi connectivity index (χ1) is 7.33. The highest BCUT2D eigenvalue weighted by atomic mass is 32.2. The molecule has 0 radical (unpaired) electrons. The van der Waals surface area contributed by atoms with Gasteiger partial charge in [-0.2, -0.15) is 5.10 Å². The molecule has 0 fully saturated rings. The molecule has 2 aromatic heterocycles. The number of para-hydroxylation sites is 1. The number of fused-ring (bicyclic) bond motifs is 1. The molecule has 0 spiro atoms. The van der Waals surface area contributed by atoms with E-state index in [1.807, 2.05) is 41.2 Å². The van der Waals surface area contributed by atoms with Crippen LogP contribution >= 0.6 is 34.9 Å². The van der Waals surface area contributed by atoms with Crippen LogP contribution in [0.2, 0.25) is 0 Å². The molecule has 5 heteroatoms. The molecule has 0 aliphatic rings. The number of aromatic nitrogens is 2. The Bertz CT molecular complexity index is 613. The fourth-order valence-electron chi connectivity index (χ4n) is 1.39. The van der Waals surface area contributed by atoms with Crippen LogP contribution in [0.15, 0.2) is 36.5 Å². The van der Waals surface area contributed by atoms with Crippen LogP contribution in [0, 0.1) is 3.14 Å². The fraction of sp³-hybridized carbons (Fsp3) is 0. The summed E-state index contributed by atoms with van der Waals surface area (Å²) in [6.07, 6.45) is 2.03. The lowest BCUT2D eigenvalue weighted by Gasteiger charge is -1.98. The Hall–Kier alpha value is -1.04. The van der Waals surface area contributed by atoms with E-state index in [1.165, 1.54) is 0 Å². The molecule has 74 valence electrons. The van der Waals surface area contributed by atoms with Crippen molar-refractivity contribution in [3.05, 3.63) is 39.7 Å². The summed E-state index contributed by atoms with van der Waals surface area (Å²) < 4.78 is 3.99. The Balaban J connectivity index is 2.20. The topological polar surface area (TPSA) is 17.8 Å². The maximum Gasteiger partial charge on any atom is 0.158 e. The minimum Gasteiger partial charge on any atom is -0.238 e. The Labute approximate surface area is 99.4 Å². The van der Waals surface area contributed by atoms with Crippen LogP contribution in [0.3, 0.4) is 0 Å². The summed E-state index contributed by atoms with van der Waals surface area (Å²) in [5, 5.41) is 4.48. The summed E-state index contributed by atoms with van der Waals surface area (Å²) in [5.41, 5.74) is 1.08. The lowest BCUT2D eigenvalue weighted by molar-refractivity contribution is 0.899. The summed E-state index contributed by atoms with van der Waals surface area (Å²) in [5.74, 6) is 0. The number of nitrogens with zero attached hydrogens (tertiary/aromatic N) is 2. The van der Waals surface area contributed by atoms with E-state index in [9.17, 15) is 0 Å². The van der Waals surface area contributed by atoms with E-state index in [-0.39, 0.29) is 0 Å². The molecular formula is C10H6N2S3. The van der Waals surface area contributed by atoms with Gasteiger partial charge in [-0.05, 0) is 12.1 Å². The van der Waals surface area contributed by atoms with Crippen LogP contribution in [0.4, 0.5) is 0 Å². The van der Waals surface area contributed by atoms with Crippen molar-refractivity contribution in [1.82, 2.24) is 9.78 Å². The Morgan fingerprint density at radius 3 is 2.67 bits per heavy atom. The number of hydrogen-bond acceptors (Lipinski definition) is 4. The molecule has 2 heterocycles. The molecule has 0 saturated heterocycles. The van der Waals surface area contributed by atoms with Gasteiger partial charge in [0.25, 0.3) is 0 Å². The van der Waals surface area contributed by atoms with Gasteiger partial charge in [-0.15, -0.1) is 11.3 Å². The van der Waals surface area contributed by atoms with Crippen molar-refractivity contribution >= 4 is 44.4 Å². The van der Waals surface area contributed by atoms with Gasteiger partial charge in [0.2, 0.25) is 0 Å². The maximum absolute atomic E-state index is 5.11. The molecule has 2 nitrogen and oxygen atoms in total. The van der Waals surface area contributed by atoms with Crippen molar-refractivity contribution in [1.29, 1.82) is 0 Å². The third-order valence-corrected chi connectivity index (χ3v) is 4.52. The zero-order valence-electron chi connectivity index (χ0n) is 7.58. The van der Waals surface area contributed by atoms with E-state index in [2.05, 4.69) is 5.10 Å². The first kappa shape index (κ1) is 9.21. The third kappa shape index (κ3) is 1.62. The van der Waals surface area contributed by atoms with Gasteiger partial charge in [0.05, 0.1) is 10.4 Å². The van der Waals surface area contributed by atoms with Gasteiger partial charge in [0.1, 0.15) is 3.14 Å². The highest BCUT2D eigenvalue weighted by Crippen LogP contribution is 2.27. The minimum absolute atomic E-state index is 0.938. The average Bonchev–Trinajstić information content (AvgIpc) is 2.76. The minimum atomic E-state index is 0.938. The van der Waals surface area contributed by atoms with Crippen LogP contribution in [-0.2, 0) is 0 Å². The van der Waals surface area contributed by atoms with Crippen molar-refractivity contribution in [2.75, 3.05) is 0 Å². The molecule has 0 bridgehead atoms. The second kappa shape index (κ2) is 3.52. The second-order valence-electron chi connectivity index (χ2n) is 3.03. The largest absolute Gasteiger partial charge is 0.238 e. The zero-order chi connectivity index (χ0) is 10.3. The predicted octanol–water partition coefficient (Wildman–Crippen LogP) is 3.88. The molecule has 0 N–H and O–H groups in total. The van der Waals surface area contributed by atoms with Gasteiger partial charge in [-0.3, -0.25) is 0 Å². The third-order valence-electron chi connectivity index (χ3n) is 2.04. The molecule has 3 rings (SSSR count). The van der Waals surface area contributed by atoms with Gasteiger partial charge in [-0.25, -0.2) is 4.68 Å². The van der Waals surface area contributed by atoms with Crippen molar-refractivity contribution < 1.29 is 0 Å². The smallest absolute Gasteiger partial charge is 0.158 e. The Kier molecular flexibility index (Phi) is 2.16. The van der Waals surface area contributed by atoms with E-state index in [0.717, 1.165) is 18.4 Å². The van der Waals surface area contributed by atoms with Gasteiger partial charge in [0, 0.05) is 6.20 Å². The first-order valence-electron chi connectivity index (χ1n) is 4.38. The molecule has 0 aliphatic heterocycles. The van der Waals surface area contributed by atoms with Crippen molar-refractivity contribution in [3.8, 4) is 5.69 Å².